The van der Waals surface area contributed by atoms with E-state index in [4.69, 9.17) is 18.6 Å². The number of aliphatic hydroxyl groups excluding tert-OH is 1. The van der Waals surface area contributed by atoms with Crippen molar-refractivity contribution >= 4 is 17.7 Å². The van der Waals surface area contributed by atoms with E-state index in [2.05, 4.69) is 34.6 Å². The quantitative estimate of drug-likeness (QED) is 0.459. The molecule has 1 aromatic rings. The molecule has 0 aromatic carbocycles. The third kappa shape index (κ3) is 2.81. The zero-order chi connectivity index (χ0) is 27.6. The number of aliphatic hydroxyl groups is 1. The average Bonchev–Trinajstić information content (AvgIpc) is 3.30. The molecule has 1 spiro atoms. The number of hydrogen-bond donors (Lipinski definition) is 1. The van der Waals surface area contributed by atoms with E-state index < -0.39 is 51.7 Å². The van der Waals surface area contributed by atoms with Crippen LogP contribution in [0.25, 0.3) is 0 Å². The highest BCUT2D eigenvalue weighted by molar-refractivity contribution is 5.98. The Morgan fingerprint density at radius 2 is 1.66 bits per heavy atom. The summed E-state index contributed by atoms with van der Waals surface area (Å²) < 4.78 is 23.8. The van der Waals surface area contributed by atoms with E-state index in [0.717, 1.165) is 18.4 Å². The Morgan fingerprint density at radius 1 is 1.00 bits per heavy atom. The molecule has 0 unspecified atom stereocenters. The van der Waals surface area contributed by atoms with Gasteiger partial charge in [0, 0.05) is 47.5 Å². The van der Waals surface area contributed by atoms with Gasteiger partial charge in [0.25, 0.3) is 0 Å². The van der Waals surface area contributed by atoms with Crippen LogP contribution in [0.1, 0.15) is 85.6 Å². The fourth-order valence-corrected chi connectivity index (χ4v) is 10.6. The third-order valence-electron chi connectivity index (χ3n) is 12.1. The van der Waals surface area contributed by atoms with E-state index >= 15 is 0 Å². The molecule has 1 aliphatic heterocycles. The Hall–Kier alpha value is -2.19. The Kier molecular flexibility index (Phi) is 5.29. The molecule has 4 aliphatic carbocycles. The number of fused-ring (bicyclic) bond motifs is 3. The zero-order valence-corrected chi connectivity index (χ0v) is 23.4. The Morgan fingerprint density at radius 3 is 2.26 bits per heavy atom. The minimum atomic E-state index is -0.813. The maximum atomic E-state index is 13.9. The number of Topliss-reactive ketones (excluding diaryl/α,β-unsaturated/α-hetero) is 1. The van der Waals surface area contributed by atoms with E-state index in [0.29, 0.717) is 12.8 Å². The maximum absolute atomic E-state index is 13.9. The van der Waals surface area contributed by atoms with Crippen molar-refractivity contribution in [1.82, 2.24) is 0 Å². The summed E-state index contributed by atoms with van der Waals surface area (Å²) >= 11 is 0. The van der Waals surface area contributed by atoms with Gasteiger partial charge in [0.1, 0.15) is 23.9 Å². The lowest BCUT2D eigenvalue weighted by atomic mass is 9.35. The van der Waals surface area contributed by atoms with Gasteiger partial charge in [0.2, 0.25) is 0 Å². The van der Waals surface area contributed by atoms with E-state index in [1.54, 1.807) is 12.5 Å². The topological polar surface area (TPSA) is 116 Å². The van der Waals surface area contributed by atoms with Gasteiger partial charge in [0.15, 0.2) is 5.78 Å². The first-order valence-corrected chi connectivity index (χ1v) is 13.9. The van der Waals surface area contributed by atoms with Gasteiger partial charge in [0.05, 0.1) is 24.5 Å². The van der Waals surface area contributed by atoms with Crippen LogP contribution in [0.15, 0.2) is 23.0 Å². The van der Waals surface area contributed by atoms with Crippen LogP contribution in [0.2, 0.25) is 0 Å². The van der Waals surface area contributed by atoms with Crippen LogP contribution in [0.3, 0.4) is 0 Å². The van der Waals surface area contributed by atoms with Gasteiger partial charge in [-0.1, -0.05) is 34.6 Å². The van der Waals surface area contributed by atoms with Crippen molar-refractivity contribution in [3.05, 3.63) is 24.2 Å². The van der Waals surface area contributed by atoms with Crippen LogP contribution in [-0.2, 0) is 28.6 Å². The monoisotopic (exact) mass is 528 g/mol. The predicted octanol–water partition coefficient (Wildman–Crippen LogP) is 4.19. The lowest BCUT2D eigenvalue weighted by Gasteiger charge is -2.70. The van der Waals surface area contributed by atoms with Gasteiger partial charge >= 0.3 is 11.9 Å². The van der Waals surface area contributed by atoms with Crippen molar-refractivity contribution < 1.29 is 38.1 Å². The summed E-state index contributed by atoms with van der Waals surface area (Å²) in [4.78, 5) is 38.4. The van der Waals surface area contributed by atoms with E-state index in [-0.39, 0.29) is 35.5 Å². The molecule has 1 saturated heterocycles. The number of epoxide rings is 1. The van der Waals surface area contributed by atoms with E-state index in [9.17, 15) is 19.5 Å². The molecule has 208 valence electrons. The first-order valence-electron chi connectivity index (χ1n) is 13.9. The van der Waals surface area contributed by atoms with Crippen molar-refractivity contribution in [1.29, 1.82) is 0 Å². The molecule has 0 amide bonds. The van der Waals surface area contributed by atoms with Crippen molar-refractivity contribution in [3.8, 4) is 0 Å². The summed E-state index contributed by atoms with van der Waals surface area (Å²) in [6, 6.07) is 1.87. The molecular formula is C30H40O8. The molecular weight excluding hydrogens is 488 g/mol. The molecule has 8 heteroatoms. The molecule has 8 nitrogen and oxygen atoms in total. The van der Waals surface area contributed by atoms with Gasteiger partial charge in [-0.05, 0) is 37.2 Å². The summed E-state index contributed by atoms with van der Waals surface area (Å²) in [6.45, 7) is 13.4. The van der Waals surface area contributed by atoms with E-state index in [1.165, 1.54) is 13.8 Å². The summed E-state index contributed by atoms with van der Waals surface area (Å²) in [6.07, 6.45) is 3.29. The number of esters is 2. The largest absolute Gasteiger partial charge is 0.472 e. The second kappa shape index (κ2) is 7.72. The smallest absolute Gasteiger partial charge is 0.302 e. The van der Waals surface area contributed by atoms with Crippen LogP contribution in [0.4, 0.5) is 0 Å². The average molecular weight is 529 g/mol. The number of carbonyl (C=O) groups excluding carboxylic acids is 3. The van der Waals surface area contributed by atoms with Gasteiger partial charge in [-0.15, -0.1) is 0 Å². The summed E-state index contributed by atoms with van der Waals surface area (Å²) in [5, 5.41) is 11.8. The standard InChI is InChI=1S/C30H40O8/c1-15(31)36-21-13-20(33)28(6)18-8-10-27(5)23(17-9-11-35-14-17)24(34)25-30(27,38-25)29(18,7)22(37-16(2)32)12-19(28)26(21,3)4/h9,11,14,18-23,25,33H,8,10,12-13H2,1-7H3/t18-,19-,20-,21-,22+,23-,25-,27+,28+,29+,30+/m0/s1. The van der Waals surface area contributed by atoms with Crippen LogP contribution >= 0.6 is 0 Å². The minimum Gasteiger partial charge on any atom is -0.472 e. The summed E-state index contributed by atoms with van der Waals surface area (Å²) in [7, 11) is 0. The van der Waals surface area contributed by atoms with E-state index in [1.807, 2.05) is 6.07 Å². The van der Waals surface area contributed by atoms with Gasteiger partial charge < -0.3 is 23.7 Å². The molecule has 38 heavy (non-hydrogen) atoms. The molecule has 6 rings (SSSR count). The molecule has 1 aromatic heterocycles. The SMILES string of the molecule is CC(=O)O[C@H]1C[C@H](O)[C@@]2(C)[C@@H](C[C@@H](OC(C)=O)[C@@]3(C)[C@H]2CC[C@]2(C)[C@@H](c4ccoc4)C(=O)[C@@H]4O[C@@]432)C1(C)C. The molecule has 5 aliphatic rings. The fourth-order valence-electron chi connectivity index (χ4n) is 10.6. The van der Waals surface area contributed by atoms with Gasteiger partial charge in [-0.2, -0.15) is 0 Å². The molecule has 5 fully saturated rings. The number of ketones is 1. The highest BCUT2D eigenvalue weighted by Crippen LogP contribution is 2.82. The third-order valence-corrected chi connectivity index (χ3v) is 12.1. The van der Waals surface area contributed by atoms with Crippen LogP contribution in [0, 0.1) is 33.5 Å². The predicted molar refractivity (Wildman–Crippen MR) is 135 cm³/mol. The first kappa shape index (κ1) is 26.1. The van der Waals surface area contributed by atoms with Gasteiger partial charge in [-0.3, -0.25) is 14.4 Å². The van der Waals surface area contributed by atoms with Crippen molar-refractivity contribution in [3.63, 3.8) is 0 Å². The normalized spacial score (nSPS) is 50.2. The number of furan rings is 1. The van der Waals surface area contributed by atoms with Crippen molar-refractivity contribution in [2.75, 3.05) is 0 Å². The number of carbonyl (C=O) groups is 3. The highest BCUT2D eigenvalue weighted by atomic mass is 16.6. The van der Waals surface area contributed by atoms with Crippen LogP contribution in [0.5, 0.6) is 0 Å². The molecule has 1 N–H and O–H groups in total. The molecule has 2 heterocycles. The molecule has 0 bridgehead atoms. The first-order chi connectivity index (χ1) is 17.7. The second-order valence-electron chi connectivity index (χ2n) is 13.8. The lowest BCUT2D eigenvalue weighted by molar-refractivity contribution is -0.287. The summed E-state index contributed by atoms with van der Waals surface area (Å²) in [5.41, 5.74) is -2.20. The minimum absolute atomic E-state index is 0.0593. The fraction of sp³-hybridized carbons (Fsp3) is 0.767. The second-order valence-corrected chi connectivity index (χ2v) is 13.8. The van der Waals surface area contributed by atoms with Gasteiger partial charge in [-0.25, -0.2) is 0 Å². The molecule has 0 radical (unpaired) electrons. The number of ether oxygens (including phenoxy) is 3. The lowest BCUT2D eigenvalue weighted by Crippen LogP contribution is -2.73. The maximum Gasteiger partial charge on any atom is 0.302 e. The Bertz CT molecular complexity index is 1190. The highest BCUT2D eigenvalue weighted by Gasteiger charge is 2.90. The van der Waals surface area contributed by atoms with Crippen molar-refractivity contribution in [2.24, 2.45) is 33.5 Å². The van der Waals surface area contributed by atoms with Crippen molar-refractivity contribution in [2.45, 2.75) is 110 Å². The summed E-state index contributed by atoms with van der Waals surface area (Å²) in [5.74, 6) is -1.22. The molecule has 4 saturated carbocycles. The Labute approximate surface area is 223 Å². The zero-order valence-electron chi connectivity index (χ0n) is 23.4. The molecule has 11 atom stereocenters. The number of hydrogen-bond acceptors (Lipinski definition) is 8. The Balaban J connectivity index is 1.50. The number of rotatable bonds is 3. The van der Waals surface area contributed by atoms with Crippen LogP contribution < -0.4 is 0 Å². The van der Waals surface area contributed by atoms with Crippen LogP contribution in [-0.4, -0.2) is 52.8 Å².